The Labute approximate surface area is 84.0 Å². The van der Waals surface area contributed by atoms with Crippen LogP contribution in [0.4, 0.5) is 0 Å². The third-order valence-corrected chi connectivity index (χ3v) is 3.19. The zero-order chi connectivity index (χ0) is 9.38. The summed E-state index contributed by atoms with van der Waals surface area (Å²) < 4.78 is 0. The highest BCUT2D eigenvalue weighted by Gasteiger charge is 2.20. The molecule has 0 spiro atoms. The minimum Gasteiger partial charge on any atom is -0.309 e. The molecule has 3 heteroatoms. The maximum absolute atomic E-state index is 4.71. The summed E-state index contributed by atoms with van der Waals surface area (Å²) in [7, 11) is 0. The molecule has 0 saturated carbocycles. The predicted molar refractivity (Wildman–Crippen MR) is 54.0 cm³/mol. The predicted octanol–water partition coefficient (Wildman–Crippen LogP) is 1.39. The molecular weight excluding hydrogens is 174 g/mol. The van der Waals surface area contributed by atoms with Crippen LogP contribution >= 0.6 is 0 Å². The quantitative estimate of drug-likeness (QED) is 0.725. The van der Waals surface area contributed by atoms with Crippen LogP contribution in [-0.4, -0.2) is 16.5 Å². The monoisotopic (exact) mass is 189 g/mol. The summed E-state index contributed by atoms with van der Waals surface area (Å²) in [4.78, 5) is 9.21. The first-order valence-corrected chi connectivity index (χ1v) is 5.51. The molecule has 1 unspecified atom stereocenters. The smallest absolute Gasteiger partial charge is 0.0759 e. The molecule has 1 aromatic heterocycles. The van der Waals surface area contributed by atoms with Gasteiger partial charge >= 0.3 is 0 Å². The normalized spacial score (nSPS) is 25.3. The Morgan fingerprint density at radius 3 is 3.00 bits per heavy atom. The SMILES string of the molecule is c1nc2c(nc1C1CCCN1)CCC2. The molecule has 1 aromatic rings. The summed E-state index contributed by atoms with van der Waals surface area (Å²) in [5, 5.41) is 3.46. The highest BCUT2D eigenvalue weighted by atomic mass is 15.0. The Morgan fingerprint density at radius 1 is 1.21 bits per heavy atom. The van der Waals surface area contributed by atoms with E-state index >= 15 is 0 Å². The maximum atomic E-state index is 4.71. The highest BCUT2D eigenvalue weighted by Crippen LogP contribution is 2.24. The van der Waals surface area contributed by atoms with Crippen molar-refractivity contribution in [2.75, 3.05) is 6.54 Å². The number of fused-ring (bicyclic) bond motifs is 1. The van der Waals surface area contributed by atoms with Gasteiger partial charge in [-0.1, -0.05) is 0 Å². The largest absolute Gasteiger partial charge is 0.309 e. The van der Waals surface area contributed by atoms with Crippen molar-refractivity contribution in [2.45, 2.75) is 38.1 Å². The van der Waals surface area contributed by atoms with Gasteiger partial charge in [0.05, 0.1) is 29.3 Å². The summed E-state index contributed by atoms with van der Waals surface area (Å²) in [6.45, 7) is 1.13. The molecule has 0 bridgehead atoms. The number of hydrogen-bond acceptors (Lipinski definition) is 3. The Kier molecular flexibility index (Phi) is 1.98. The minimum atomic E-state index is 0.466. The summed E-state index contributed by atoms with van der Waals surface area (Å²) in [5.74, 6) is 0. The molecule has 2 aliphatic rings. The number of aromatic nitrogens is 2. The second kappa shape index (κ2) is 3.31. The van der Waals surface area contributed by atoms with Gasteiger partial charge < -0.3 is 5.32 Å². The molecule has 1 aliphatic carbocycles. The van der Waals surface area contributed by atoms with Gasteiger partial charge in [0.25, 0.3) is 0 Å². The first-order chi connectivity index (χ1) is 6.93. The van der Waals surface area contributed by atoms with Crippen molar-refractivity contribution in [1.82, 2.24) is 15.3 Å². The van der Waals surface area contributed by atoms with Crippen molar-refractivity contribution < 1.29 is 0 Å². The van der Waals surface area contributed by atoms with Crippen LogP contribution in [-0.2, 0) is 12.8 Å². The van der Waals surface area contributed by atoms with Crippen molar-refractivity contribution in [1.29, 1.82) is 0 Å². The van der Waals surface area contributed by atoms with Crippen LogP contribution in [0, 0.1) is 0 Å². The van der Waals surface area contributed by atoms with Crippen LogP contribution < -0.4 is 5.32 Å². The Hall–Kier alpha value is -0.960. The zero-order valence-corrected chi connectivity index (χ0v) is 8.29. The summed E-state index contributed by atoms with van der Waals surface area (Å²) in [6, 6.07) is 0.466. The second-order valence-corrected chi connectivity index (χ2v) is 4.19. The summed E-state index contributed by atoms with van der Waals surface area (Å²) in [6.07, 6.45) is 7.94. The molecule has 0 aromatic carbocycles. The van der Waals surface area contributed by atoms with Crippen molar-refractivity contribution in [3.8, 4) is 0 Å². The van der Waals surface area contributed by atoms with E-state index in [2.05, 4.69) is 10.3 Å². The van der Waals surface area contributed by atoms with Gasteiger partial charge in [-0.15, -0.1) is 0 Å². The third-order valence-electron chi connectivity index (χ3n) is 3.19. The van der Waals surface area contributed by atoms with Crippen LogP contribution in [0.1, 0.15) is 42.4 Å². The lowest BCUT2D eigenvalue weighted by atomic mass is 10.1. The Bertz CT molecular complexity index is 342. The van der Waals surface area contributed by atoms with E-state index in [0.29, 0.717) is 6.04 Å². The zero-order valence-electron chi connectivity index (χ0n) is 8.29. The molecule has 1 saturated heterocycles. The number of rotatable bonds is 1. The van der Waals surface area contributed by atoms with E-state index in [-0.39, 0.29) is 0 Å². The Balaban J connectivity index is 1.91. The van der Waals surface area contributed by atoms with Crippen LogP contribution in [0.15, 0.2) is 6.20 Å². The molecule has 1 N–H and O–H groups in total. The van der Waals surface area contributed by atoms with Crippen LogP contribution in [0.5, 0.6) is 0 Å². The average Bonchev–Trinajstić information content (AvgIpc) is 2.88. The van der Waals surface area contributed by atoms with Gasteiger partial charge in [-0.2, -0.15) is 0 Å². The first-order valence-electron chi connectivity index (χ1n) is 5.51. The molecule has 1 aliphatic heterocycles. The van der Waals surface area contributed by atoms with Crippen molar-refractivity contribution in [3.63, 3.8) is 0 Å². The molecule has 74 valence electrons. The van der Waals surface area contributed by atoms with E-state index in [1.54, 1.807) is 0 Å². The summed E-state index contributed by atoms with van der Waals surface area (Å²) in [5.41, 5.74) is 3.63. The topological polar surface area (TPSA) is 37.8 Å². The fraction of sp³-hybridized carbons (Fsp3) is 0.636. The molecule has 2 heterocycles. The standard InChI is InChI=1S/C11H15N3/c1-3-8-10(4-1)14-11(7-13-8)9-5-2-6-12-9/h7,9,12H,1-6H2. The molecule has 3 rings (SSSR count). The molecule has 3 nitrogen and oxygen atoms in total. The molecule has 14 heavy (non-hydrogen) atoms. The van der Waals surface area contributed by atoms with E-state index in [1.807, 2.05) is 6.20 Å². The number of nitrogens with one attached hydrogen (secondary N) is 1. The van der Waals surface area contributed by atoms with Gasteiger partial charge in [0.1, 0.15) is 0 Å². The molecule has 0 radical (unpaired) electrons. The van der Waals surface area contributed by atoms with E-state index in [4.69, 9.17) is 4.98 Å². The van der Waals surface area contributed by atoms with Gasteiger partial charge in [0.15, 0.2) is 0 Å². The minimum absolute atomic E-state index is 0.466. The van der Waals surface area contributed by atoms with Crippen LogP contribution in [0.25, 0.3) is 0 Å². The maximum Gasteiger partial charge on any atom is 0.0759 e. The van der Waals surface area contributed by atoms with E-state index in [0.717, 1.165) is 25.1 Å². The summed E-state index contributed by atoms with van der Waals surface area (Å²) >= 11 is 0. The van der Waals surface area contributed by atoms with Crippen molar-refractivity contribution in [2.24, 2.45) is 0 Å². The molecular formula is C11H15N3. The van der Waals surface area contributed by atoms with Crippen molar-refractivity contribution in [3.05, 3.63) is 23.3 Å². The fourth-order valence-corrected chi connectivity index (χ4v) is 2.40. The van der Waals surface area contributed by atoms with Gasteiger partial charge in [-0.25, -0.2) is 0 Å². The lowest BCUT2D eigenvalue weighted by Crippen LogP contribution is -2.15. The van der Waals surface area contributed by atoms with Gasteiger partial charge in [-0.3, -0.25) is 9.97 Å². The molecule has 1 fully saturated rings. The number of hydrogen-bond donors (Lipinski definition) is 1. The first kappa shape index (κ1) is 8.36. The second-order valence-electron chi connectivity index (χ2n) is 4.19. The Morgan fingerprint density at radius 2 is 2.14 bits per heavy atom. The lowest BCUT2D eigenvalue weighted by Gasteiger charge is -2.10. The van der Waals surface area contributed by atoms with Gasteiger partial charge in [-0.05, 0) is 38.6 Å². The van der Waals surface area contributed by atoms with E-state index < -0.39 is 0 Å². The average molecular weight is 189 g/mol. The lowest BCUT2D eigenvalue weighted by molar-refractivity contribution is 0.620. The number of nitrogens with zero attached hydrogens (tertiary/aromatic N) is 2. The van der Waals surface area contributed by atoms with E-state index in [1.165, 1.54) is 30.7 Å². The van der Waals surface area contributed by atoms with E-state index in [9.17, 15) is 0 Å². The number of aryl methyl sites for hydroxylation is 2. The molecule has 0 amide bonds. The van der Waals surface area contributed by atoms with Gasteiger partial charge in [0, 0.05) is 0 Å². The third kappa shape index (κ3) is 1.32. The highest BCUT2D eigenvalue weighted by molar-refractivity contribution is 5.20. The van der Waals surface area contributed by atoms with Crippen molar-refractivity contribution >= 4 is 0 Å². The van der Waals surface area contributed by atoms with Crippen LogP contribution in [0.3, 0.4) is 0 Å². The van der Waals surface area contributed by atoms with Gasteiger partial charge in [0.2, 0.25) is 0 Å². The van der Waals surface area contributed by atoms with Crippen LogP contribution in [0.2, 0.25) is 0 Å². The molecule has 1 atom stereocenters. The fourth-order valence-electron chi connectivity index (χ4n) is 2.40.